The van der Waals surface area contributed by atoms with Crippen molar-refractivity contribution in [2.75, 3.05) is 19.6 Å². The van der Waals surface area contributed by atoms with Crippen molar-refractivity contribution in [3.63, 3.8) is 0 Å². The quantitative estimate of drug-likeness (QED) is 0.889. The Morgan fingerprint density at radius 1 is 1.08 bits per heavy atom. The monoisotopic (exact) mass is 344 g/mol. The molecule has 2 atom stereocenters. The van der Waals surface area contributed by atoms with Crippen molar-refractivity contribution in [3.05, 3.63) is 18.5 Å². The molecule has 0 radical (unpaired) electrons. The molecule has 2 aliphatic rings. The first-order chi connectivity index (χ1) is 11.5. The number of alkyl halides is 3. The standard InChI is InChI=1S/C17H27F3N4/c18-17(19,20)8-13-23-11-6-14(7-12-23)22-15-4-1-2-5-16(15)24-10-3-9-21-24/h3,9-10,14-16,22H,1-2,4-8,11-13H2/t15-,16-/m1/s1. The second-order valence-electron chi connectivity index (χ2n) is 7.09. The van der Waals surface area contributed by atoms with Crippen LogP contribution in [-0.4, -0.2) is 52.6 Å². The predicted octanol–water partition coefficient (Wildman–Crippen LogP) is 3.37. The zero-order valence-corrected chi connectivity index (χ0v) is 14.0. The second-order valence-corrected chi connectivity index (χ2v) is 7.09. The van der Waals surface area contributed by atoms with Gasteiger partial charge in [0, 0.05) is 31.0 Å². The van der Waals surface area contributed by atoms with Crippen molar-refractivity contribution in [2.45, 2.75) is 69.2 Å². The van der Waals surface area contributed by atoms with E-state index in [9.17, 15) is 13.2 Å². The van der Waals surface area contributed by atoms with Gasteiger partial charge in [-0.1, -0.05) is 12.8 Å². The second kappa shape index (κ2) is 7.87. The van der Waals surface area contributed by atoms with Crippen molar-refractivity contribution >= 4 is 0 Å². The summed E-state index contributed by atoms with van der Waals surface area (Å²) in [7, 11) is 0. The van der Waals surface area contributed by atoms with E-state index in [0.717, 1.165) is 38.8 Å². The number of nitrogens with zero attached hydrogens (tertiary/aromatic N) is 3. The number of likely N-dealkylation sites (tertiary alicyclic amines) is 1. The summed E-state index contributed by atoms with van der Waals surface area (Å²) in [4.78, 5) is 1.94. The molecule has 0 bridgehead atoms. The molecule has 1 aliphatic heterocycles. The van der Waals surface area contributed by atoms with Crippen LogP contribution in [0.1, 0.15) is 51.0 Å². The Hall–Kier alpha value is -1.08. The number of hydrogen-bond acceptors (Lipinski definition) is 3. The normalized spacial score (nSPS) is 27.5. The van der Waals surface area contributed by atoms with Crippen molar-refractivity contribution in [2.24, 2.45) is 0 Å². The van der Waals surface area contributed by atoms with E-state index in [1.807, 2.05) is 23.4 Å². The molecule has 136 valence electrons. The molecule has 3 rings (SSSR count). The first kappa shape index (κ1) is 17.7. The number of rotatable bonds is 5. The molecule has 2 fully saturated rings. The van der Waals surface area contributed by atoms with Crippen molar-refractivity contribution < 1.29 is 13.2 Å². The fourth-order valence-corrected chi connectivity index (χ4v) is 4.01. The first-order valence-corrected chi connectivity index (χ1v) is 9.05. The van der Waals surface area contributed by atoms with Gasteiger partial charge in [0.15, 0.2) is 0 Å². The van der Waals surface area contributed by atoms with Gasteiger partial charge in [-0.15, -0.1) is 0 Å². The maximum absolute atomic E-state index is 12.3. The summed E-state index contributed by atoms with van der Waals surface area (Å²) in [5, 5.41) is 8.18. The molecule has 7 heteroatoms. The lowest BCUT2D eigenvalue weighted by molar-refractivity contribution is -0.138. The van der Waals surface area contributed by atoms with Crippen LogP contribution in [0.5, 0.6) is 0 Å². The van der Waals surface area contributed by atoms with Crippen molar-refractivity contribution in [1.29, 1.82) is 0 Å². The zero-order chi connectivity index (χ0) is 17.0. The first-order valence-electron chi connectivity index (χ1n) is 9.05. The molecule has 0 amide bonds. The molecule has 1 saturated heterocycles. The zero-order valence-electron chi connectivity index (χ0n) is 14.0. The van der Waals surface area contributed by atoms with Gasteiger partial charge in [-0.25, -0.2) is 0 Å². The molecule has 24 heavy (non-hydrogen) atoms. The fourth-order valence-electron chi connectivity index (χ4n) is 4.01. The summed E-state index contributed by atoms with van der Waals surface area (Å²) in [5.41, 5.74) is 0. The number of halogens is 3. The van der Waals surface area contributed by atoms with E-state index in [4.69, 9.17) is 0 Å². The number of hydrogen-bond donors (Lipinski definition) is 1. The minimum atomic E-state index is -4.05. The van der Waals surface area contributed by atoms with Gasteiger partial charge in [0.25, 0.3) is 0 Å². The third-order valence-corrected chi connectivity index (χ3v) is 5.34. The Morgan fingerprint density at radius 3 is 2.50 bits per heavy atom. The van der Waals surface area contributed by atoms with Crippen LogP contribution >= 0.6 is 0 Å². The van der Waals surface area contributed by atoms with Crippen LogP contribution in [0.2, 0.25) is 0 Å². The van der Waals surface area contributed by atoms with Crippen LogP contribution in [-0.2, 0) is 0 Å². The lowest BCUT2D eigenvalue weighted by Crippen LogP contribution is -2.50. The smallest absolute Gasteiger partial charge is 0.309 e. The van der Waals surface area contributed by atoms with E-state index in [1.165, 1.54) is 12.8 Å². The number of piperidine rings is 1. The Bertz CT molecular complexity index is 481. The molecule has 1 aromatic heterocycles. The summed E-state index contributed by atoms with van der Waals surface area (Å²) in [6.45, 7) is 1.65. The van der Waals surface area contributed by atoms with Gasteiger partial charge in [0.05, 0.1) is 12.5 Å². The summed E-state index contributed by atoms with van der Waals surface area (Å²) < 4.78 is 39.0. The van der Waals surface area contributed by atoms with Gasteiger partial charge in [-0.3, -0.25) is 4.68 Å². The highest BCUT2D eigenvalue weighted by atomic mass is 19.4. The van der Waals surface area contributed by atoms with E-state index in [-0.39, 0.29) is 6.54 Å². The molecule has 0 aromatic carbocycles. The molecule has 1 aliphatic carbocycles. The van der Waals surface area contributed by atoms with Crippen molar-refractivity contribution in [3.8, 4) is 0 Å². The highest BCUT2D eigenvalue weighted by Gasteiger charge is 2.31. The Balaban J connectivity index is 1.46. The van der Waals surface area contributed by atoms with E-state index in [2.05, 4.69) is 15.1 Å². The maximum atomic E-state index is 12.3. The van der Waals surface area contributed by atoms with Gasteiger partial charge >= 0.3 is 6.18 Å². The van der Waals surface area contributed by atoms with E-state index in [1.54, 1.807) is 0 Å². The lowest BCUT2D eigenvalue weighted by atomic mass is 9.89. The van der Waals surface area contributed by atoms with Crippen LogP contribution in [0.4, 0.5) is 13.2 Å². The summed E-state index contributed by atoms with van der Waals surface area (Å²) in [6, 6.07) is 3.20. The fraction of sp³-hybridized carbons (Fsp3) is 0.824. The van der Waals surface area contributed by atoms with Gasteiger partial charge in [0.1, 0.15) is 0 Å². The van der Waals surface area contributed by atoms with Gasteiger partial charge in [-0.2, -0.15) is 18.3 Å². The Morgan fingerprint density at radius 2 is 1.83 bits per heavy atom. The molecule has 1 saturated carbocycles. The summed E-state index contributed by atoms with van der Waals surface area (Å²) in [5.74, 6) is 0. The molecular weight excluding hydrogens is 317 g/mol. The molecule has 0 spiro atoms. The van der Waals surface area contributed by atoms with Crippen LogP contribution < -0.4 is 5.32 Å². The Kier molecular flexibility index (Phi) is 5.81. The third kappa shape index (κ3) is 4.96. The lowest BCUT2D eigenvalue weighted by Gasteiger charge is -2.38. The van der Waals surface area contributed by atoms with Crippen LogP contribution in [0, 0.1) is 0 Å². The maximum Gasteiger partial charge on any atom is 0.390 e. The summed E-state index contributed by atoms with van der Waals surface area (Å²) >= 11 is 0. The van der Waals surface area contributed by atoms with Crippen LogP contribution in [0.25, 0.3) is 0 Å². The average Bonchev–Trinajstić information content (AvgIpc) is 3.08. The number of nitrogens with one attached hydrogen (secondary N) is 1. The van der Waals surface area contributed by atoms with E-state index < -0.39 is 12.6 Å². The third-order valence-electron chi connectivity index (χ3n) is 5.34. The van der Waals surface area contributed by atoms with Gasteiger partial charge in [-0.05, 0) is 44.8 Å². The van der Waals surface area contributed by atoms with Crippen LogP contribution in [0.15, 0.2) is 18.5 Å². The Labute approximate surface area is 141 Å². The SMILES string of the molecule is FC(F)(F)CCN1CCC(N[C@@H]2CCCC[C@H]2n2cccn2)CC1. The summed E-state index contributed by atoms with van der Waals surface area (Å²) in [6.07, 6.45) is 5.74. The molecule has 1 aromatic rings. The number of aromatic nitrogens is 2. The van der Waals surface area contributed by atoms with Gasteiger partial charge in [0.2, 0.25) is 0 Å². The highest BCUT2D eigenvalue weighted by Crippen LogP contribution is 2.29. The minimum absolute atomic E-state index is 0.134. The largest absolute Gasteiger partial charge is 0.390 e. The highest BCUT2D eigenvalue weighted by molar-refractivity contribution is 4.92. The molecule has 4 nitrogen and oxygen atoms in total. The minimum Gasteiger partial charge on any atom is -0.309 e. The molecule has 0 unspecified atom stereocenters. The topological polar surface area (TPSA) is 33.1 Å². The molecular formula is C17H27F3N4. The molecule has 1 N–H and O–H groups in total. The molecule has 2 heterocycles. The van der Waals surface area contributed by atoms with Crippen molar-refractivity contribution in [1.82, 2.24) is 20.0 Å². The van der Waals surface area contributed by atoms with E-state index >= 15 is 0 Å². The van der Waals surface area contributed by atoms with Crippen LogP contribution in [0.3, 0.4) is 0 Å². The van der Waals surface area contributed by atoms with Gasteiger partial charge < -0.3 is 10.2 Å². The van der Waals surface area contributed by atoms with E-state index in [0.29, 0.717) is 18.1 Å². The predicted molar refractivity (Wildman–Crippen MR) is 86.8 cm³/mol. The average molecular weight is 344 g/mol.